The molecule has 116 valence electrons. The number of nitrogens with zero attached hydrogens (tertiary/aromatic N) is 1. The number of likely N-dealkylation sites (N-methyl/N-ethyl adjacent to an activating group) is 1. The number of carbonyl (C=O) groups excluding carboxylic acids is 1. The molecule has 0 aromatic heterocycles. The first-order valence-corrected chi connectivity index (χ1v) is 7.92. The average molecular weight is 359 g/mol. The van der Waals surface area contributed by atoms with Gasteiger partial charge in [0.25, 0.3) is 0 Å². The molecule has 1 saturated heterocycles. The number of benzene rings is 1. The van der Waals surface area contributed by atoms with Crippen LogP contribution >= 0.6 is 15.9 Å². The molecule has 6 heteroatoms. The Labute approximate surface area is 132 Å². The summed E-state index contributed by atoms with van der Waals surface area (Å²) in [6.07, 6.45) is 2.38. The maximum absolute atomic E-state index is 13.6. The van der Waals surface area contributed by atoms with Gasteiger partial charge in [0.15, 0.2) is 11.6 Å². The van der Waals surface area contributed by atoms with Crippen molar-refractivity contribution in [1.29, 1.82) is 0 Å². The quantitative estimate of drug-likeness (QED) is 0.879. The minimum Gasteiger partial charge on any atom is -0.490 e. The summed E-state index contributed by atoms with van der Waals surface area (Å²) in [4.78, 5) is 14.0. The van der Waals surface area contributed by atoms with Crippen LogP contribution in [0.4, 0.5) is 4.39 Å². The van der Waals surface area contributed by atoms with E-state index < -0.39 is 5.82 Å². The maximum atomic E-state index is 13.6. The summed E-state index contributed by atoms with van der Waals surface area (Å²) < 4.78 is 19.6. The van der Waals surface area contributed by atoms with E-state index in [0.29, 0.717) is 10.5 Å². The summed E-state index contributed by atoms with van der Waals surface area (Å²) in [5, 5.41) is 3.20. The van der Waals surface area contributed by atoms with Crippen LogP contribution < -0.4 is 10.1 Å². The summed E-state index contributed by atoms with van der Waals surface area (Å²) in [5.41, 5.74) is 0. The zero-order valence-corrected chi connectivity index (χ0v) is 13.7. The minimum absolute atomic E-state index is 0.0625. The number of piperidine rings is 1. The molecule has 1 unspecified atom stereocenters. The molecule has 1 N–H and O–H groups in total. The Balaban J connectivity index is 1.78. The van der Waals surface area contributed by atoms with Crippen LogP contribution in [0.15, 0.2) is 22.7 Å². The van der Waals surface area contributed by atoms with Crippen molar-refractivity contribution >= 4 is 21.8 Å². The van der Waals surface area contributed by atoms with E-state index in [1.54, 1.807) is 12.1 Å². The van der Waals surface area contributed by atoms with Crippen LogP contribution in [0.3, 0.4) is 0 Å². The van der Waals surface area contributed by atoms with Crippen molar-refractivity contribution in [1.82, 2.24) is 10.2 Å². The van der Waals surface area contributed by atoms with Crippen molar-refractivity contribution in [3.05, 3.63) is 28.5 Å². The van der Waals surface area contributed by atoms with Crippen LogP contribution in [0.25, 0.3) is 0 Å². The Morgan fingerprint density at radius 2 is 2.38 bits per heavy atom. The Morgan fingerprint density at radius 1 is 1.57 bits per heavy atom. The summed E-state index contributed by atoms with van der Waals surface area (Å²) in [6, 6.07) is 4.98. The van der Waals surface area contributed by atoms with Gasteiger partial charge in [0.2, 0.25) is 5.91 Å². The lowest BCUT2D eigenvalue weighted by Crippen LogP contribution is -2.47. The van der Waals surface area contributed by atoms with Gasteiger partial charge in [-0.1, -0.05) is 15.9 Å². The van der Waals surface area contributed by atoms with E-state index >= 15 is 0 Å². The highest BCUT2D eigenvalue weighted by atomic mass is 79.9. The van der Waals surface area contributed by atoms with Gasteiger partial charge >= 0.3 is 0 Å². The summed E-state index contributed by atoms with van der Waals surface area (Å²) in [7, 11) is 1.91. The number of nitrogens with one attached hydrogen (secondary N) is 1. The van der Waals surface area contributed by atoms with Crippen LogP contribution in [-0.2, 0) is 4.79 Å². The summed E-state index contributed by atoms with van der Waals surface area (Å²) in [6.45, 7) is 1.73. The highest BCUT2D eigenvalue weighted by Crippen LogP contribution is 2.21. The zero-order valence-electron chi connectivity index (χ0n) is 12.1. The second-order valence-corrected chi connectivity index (χ2v) is 6.06. The Hall–Kier alpha value is -1.14. The monoisotopic (exact) mass is 358 g/mol. The predicted octanol–water partition coefficient (Wildman–Crippen LogP) is 2.57. The van der Waals surface area contributed by atoms with Crippen LogP contribution in [0.5, 0.6) is 5.75 Å². The number of halogens is 2. The molecule has 1 fully saturated rings. The molecule has 1 aromatic carbocycles. The third-order valence-corrected chi connectivity index (χ3v) is 4.14. The Bertz CT molecular complexity index is 499. The molecule has 1 aliphatic rings. The van der Waals surface area contributed by atoms with Gasteiger partial charge < -0.3 is 15.0 Å². The van der Waals surface area contributed by atoms with Crippen LogP contribution in [0.1, 0.15) is 19.3 Å². The van der Waals surface area contributed by atoms with Crippen LogP contribution in [0, 0.1) is 5.82 Å². The topological polar surface area (TPSA) is 41.6 Å². The third kappa shape index (κ3) is 4.68. The van der Waals surface area contributed by atoms with Crippen molar-refractivity contribution in [3.8, 4) is 5.75 Å². The van der Waals surface area contributed by atoms with Gasteiger partial charge in [-0.05, 0) is 38.1 Å². The van der Waals surface area contributed by atoms with E-state index in [2.05, 4.69) is 21.2 Å². The molecule has 4 nitrogen and oxygen atoms in total. The second-order valence-electron chi connectivity index (χ2n) is 5.14. The molecule has 0 spiro atoms. The van der Waals surface area contributed by atoms with Gasteiger partial charge in [-0.2, -0.15) is 0 Å². The minimum atomic E-state index is -0.426. The summed E-state index contributed by atoms with van der Waals surface area (Å²) >= 11 is 3.19. The van der Waals surface area contributed by atoms with E-state index in [-0.39, 0.29) is 24.7 Å². The molecule has 0 saturated carbocycles. The third-order valence-electron chi connectivity index (χ3n) is 3.65. The Kier molecular flexibility index (Phi) is 5.99. The first-order chi connectivity index (χ1) is 10.1. The number of likely N-dealkylation sites (tertiary alicyclic amines) is 1. The molecule has 1 aliphatic heterocycles. The fraction of sp³-hybridized carbons (Fsp3) is 0.533. The van der Waals surface area contributed by atoms with Crippen LogP contribution in [-0.4, -0.2) is 43.6 Å². The van der Waals surface area contributed by atoms with Crippen molar-refractivity contribution in [2.45, 2.75) is 25.3 Å². The SMILES string of the molecule is CNC1CCCN(C(=O)CCOc2ccc(Br)cc2F)C1. The molecule has 1 atom stereocenters. The van der Waals surface area contributed by atoms with E-state index in [0.717, 1.165) is 25.9 Å². The van der Waals surface area contributed by atoms with E-state index in [1.807, 2.05) is 11.9 Å². The van der Waals surface area contributed by atoms with Gasteiger partial charge in [-0.15, -0.1) is 0 Å². The first-order valence-electron chi connectivity index (χ1n) is 7.13. The number of ether oxygens (including phenoxy) is 1. The smallest absolute Gasteiger partial charge is 0.226 e. The van der Waals surface area contributed by atoms with Gasteiger partial charge in [0.05, 0.1) is 13.0 Å². The number of hydrogen-bond donors (Lipinski definition) is 1. The van der Waals surface area contributed by atoms with Gasteiger partial charge in [0, 0.05) is 23.6 Å². The fourth-order valence-corrected chi connectivity index (χ4v) is 2.77. The normalized spacial score (nSPS) is 18.6. The standard InChI is InChI=1S/C15H20BrFN2O2/c1-18-12-3-2-7-19(10-12)15(20)6-8-21-14-5-4-11(16)9-13(14)17/h4-5,9,12,18H,2-3,6-8,10H2,1H3. The molecule has 1 aromatic rings. The molecule has 0 aliphatic carbocycles. The number of hydrogen-bond acceptors (Lipinski definition) is 3. The molecule has 0 radical (unpaired) electrons. The lowest BCUT2D eigenvalue weighted by atomic mass is 10.1. The average Bonchev–Trinajstić information content (AvgIpc) is 2.49. The van der Waals surface area contributed by atoms with E-state index in [9.17, 15) is 9.18 Å². The van der Waals surface area contributed by atoms with Gasteiger partial charge in [0.1, 0.15) is 0 Å². The summed E-state index contributed by atoms with van der Waals surface area (Å²) in [5.74, 6) is -0.185. The van der Waals surface area contributed by atoms with Gasteiger partial charge in [-0.25, -0.2) is 4.39 Å². The van der Waals surface area contributed by atoms with Crippen molar-refractivity contribution in [2.75, 3.05) is 26.7 Å². The molecular formula is C15H20BrFN2O2. The predicted molar refractivity (Wildman–Crippen MR) is 82.9 cm³/mol. The molecular weight excluding hydrogens is 339 g/mol. The van der Waals surface area contributed by atoms with E-state index in [1.165, 1.54) is 6.07 Å². The van der Waals surface area contributed by atoms with Gasteiger partial charge in [-0.3, -0.25) is 4.79 Å². The first kappa shape index (κ1) is 16.2. The molecule has 1 heterocycles. The van der Waals surface area contributed by atoms with Crippen molar-refractivity contribution in [2.24, 2.45) is 0 Å². The lowest BCUT2D eigenvalue weighted by molar-refractivity contribution is -0.133. The molecule has 2 rings (SSSR count). The zero-order chi connectivity index (χ0) is 15.2. The Morgan fingerprint density at radius 3 is 3.10 bits per heavy atom. The maximum Gasteiger partial charge on any atom is 0.226 e. The second kappa shape index (κ2) is 7.75. The molecule has 21 heavy (non-hydrogen) atoms. The fourth-order valence-electron chi connectivity index (χ4n) is 2.44. The molecule has 0 bridgehead atoms. The molecule has 1 amide bonds. The highest BCUT2D eigenvalue weighted by Gasteiger charge is 2.22. The van der Waals surface area contributed by atoms with Crippen molar-refractivity contribution in [3.63, 3.8) is 0 Å². The number of carbonyl (C=O) groups is 1. The van der Waals surface area contributed by atoms with Crippen LogP contribution in [0.2, 0.25) is 0 Å². The number of amides is 1. The van der Waals surface area contributed by atoms with Crippen molar-refractivity contribution < 1.29 is 13.9 Å². The number of rotatable bonds is 5. The highest BCUT2D eigenvalue weighted by molar-refractivity contribution is 9.10. The largest absolute Gasteiger partial charge is 0.490 e. The van der Waals surface area contributed by atoms with E-state index in [4.69, 9.17) is 4.74 Å². The lowest BCUT2D eigenvalue weighted by Gasteiger charge is -2.32.